The van der Waals surface area contributed by atoms with Crippen molar-refractivity contribution in [2.45, 2.75) is 13.0 Å². The van der Waals surface area contributed by atoms with Crippen molar-refractivity contribution < 1.29 is 14.6 Å². The van der Waals surface area contributed by atoms with Gasteiger partial charge in [0, 0.05) is 25.8 Å². The fourth-order valence-corrected chi connectivity index (χ4v) is 2.02. The van der Waals surface area contributed by atoms with Crippen LogP contribution in [0.15, 0.2) is 24.3 Å². The molecule has 4 heteroatoms. The molecule has 1 aliphatic heterocycles. The zero-order valence-corrected chi connectivity index (χ0v) is 9.93. The highest BCUT2D eigenvalue weighted by molar-refractivity contribution is 5.79. The molecule has 1 saturated heterocycles. The molecule has 2 rings (SSSR count). The number of carbonyl (C=O) groups excluding carboxylic acids is 1. The molecule has 1 atom stereocenters. The topological polar surface area (TPSA) is 49.8 Å². The molecule has 0 spiro atoms. The van der Waals surface area contributed by atoms with Crippen LogP contribution in [0.3, 0.4) is 0 Å². The van der Waals surface area contributed by atoms with Gasteiger partial charge < -0.3 is 14.7 Å². The summed E-state index contributed by atoms with van der Waals surface area (Å²) in [5.74, 6) is 0.298. The minimum atomic E-state index is -0.0224. The largest absolute Gasteiger partial charge is 0.508 e. The van der Waals surface area contributed by atoms with E-state index < -0.39 is 0 Å². The molecule has 0 radical (unpaired) electrons. The second-order valence-corrected chi connectivity index (χ2v) is 4.38. The molecule has 1 fully saturated rings. The first-order valence-electron chi connectivity index (χ1n) is 5.78. The Morgan fingerprint density at radius 3 is 2.94 bits per heavy atom. The van der Waals surface area contributed by atoms with E-state index in [0.29, 0.717) is 19.8 Å². The number of aromatic hydroxyl groups is 1. The van der Waals surface area contributed by atoms with E-state index in [2.05, 4.69) is 0 Å². The van der Waals surface area contributed by atoms with E-state index in [0.717, 1.165) is 12.0 Å². The van der Waals surface area contributed by atoms with Gasteiger partial charge in [-0.25, -0.2) is 0 Å². The molecule has 0 saturated carbocycles. The van der Waals surface area contributed by atoms with E-state index in [4.69, 9.17) is 4.74 Å². The van der Waals surface area contributed by atoms with Crippen molar-refractivity contribution in [3.63, 3.8) is 0 Å². The normalized spacial score (nSPS) is 19.2. The van der Waals surface area contributed by atoms with Crippen LogP contribution in [0.25, 0.3) is 0 Å². The smallest absolute Gasteiger partial charge is 0.228 e. The predicted molar refractivity (Wildman–Crippen MR) is 63.5 cm³/mol. The quantitative estimate of drug-likeness (QED) is 0.861. The Kier molecular flexibility index (Phi) is 3.64. The Morgan fingerprint density at radius 2 is 2.29 bits per heavy atom. The number of benzene rings is 1. The highest BCUT2D eigenvalue weighted by atomic mass is 16.5. The zero-order valence-electron chi connectivity index (χ0n) is 9.93. The first-order chi connectivity index (χ1) is 8.18. The van der Waals surface area contributed by atoms with Gasteiger partial charge in [0.25, 0.3) is 0 Å². The van der Waals surface area contributed by atoms with Crippen LogP contribution >= 0.6 is 0 Å². The minimum Gasteiger partial charge on any atom is -0.508 e. The van der Waals surface area contributed by atoms with Gasteiger partial charge in [-0.3, -0.25) is 4.79 Å². The van der Waals surface area contributed by atoms with Gasteiger partial charge in [0.1, 0.15) is 5.75 Å². The standard InChI is InChI=1S/C13H17NO3/c1-14(13(16)11-6-7-17-9-11)8-10-4-2-3-5-12(10)15/h2-5,11,15H,6-9H2,1H3. The molecule has 1 N–H and O–H groups in total. The van der Waals surface area contributed by atoms with Crippen LogP contribution < -0.4 is 0 Å². The summed E-state index contributed by atoms with van der Waals surface area (Å²) in [6.45, 7) is 1.62. The number of ether oxygens (including phenoxy) is 1. The van der Waals surface area contributed by atoms with E-state index in [1.165, 1.54) is 0 Å². The summed E-state index contributed by atoms with van der Waals surface area (Å²) in [6, 6.07) is 7.08. The fraction of sp³-hybridized carbons (Fsp3) is 0.462. The zero-order chi connectivity index (χ0) is 12.3. The average Bonchev–Trinajstić information content (AvgIpc) is 2.84. The number of hydrogen-bond acceptors (Lipinski definition) is 3. The Hall–Kier alpha value is -1.55. The number of rotatable bonds is 3. The lowest BCUT2D eigenvalue weighted by Crippen LogP contribution is -2.32. The van der Waals surface area contributed by atoms with E-state index in [1.54, 1.807) is 24.1 Å². The second kappa shape index (κ2) is 5.19. The minimum absolute atomic E-state index is 0.0224. The number of phenolic OH excluding ortho intramolecular Hbond substituents is 1. The number of nitrogens with zero attached hydrogens (tertiary/aromatic N) is 1. The van der Waals surface area contributed by atoms with Gasteiger partial charge in [-0.05, 0) is 12.5 Å². The van der Waals surface area contributed by atoms with Gasteiger partial charge >= 0.3 is 0 Å². The number of phenols is 1. The fourth-order valence-electron chi connectivity index (χ4n) is 2.02. The molecule has 1 unspecified atom stereocenters. The van der Waals surface area contributed by atoms with Crippen LogP contribution in [0.2, 0.25) is 0 Å². The summed E-state index contributed by atoms with van der Waals surface area (Å²) in [6.07, 6.45) is 0.796. The van der Waals surface area contributed by atoms with Gasteiger partial charge in [0.2, 0.25) is 5.91 Å². The summed E-state index contributed by atoms with van der Waals surface area (Å²) in [7, 11) is 1.76. The number of amides is 1. The number of carbonyl (C=O) groups is 1. The third-order valence-corrected chi connectivity index (χ3v) is 3.05. The molecular formula is C13H17NO3. The van der Waals surface area contributed by atoms with Crippen LogP contribution in [0.5, 0.6) is 5.75 Å². The van der Waals surface area contributed by atoms with E-state index in [1.807, 2.05) is 12.1 Å². The van der Waals surface area contributed by atoms with Gasteiger partial charge in [-0.1, -0.05) is 18.2 Å². The third kappa shape index (κ3) is 2.77. The number of hydrogen-bond donors (Lipinski definition) is 1. The van der Waals surface area contributed by atoms with Gasteiger partial charge in [0.15, 0.2) is 0 Å². The van der Waals surface area contributed by atoms with Crippen LogP contribution in [-0.2, 0) is 16.1 Å². The molecule has 1 amide bonds. The van der Waals surface area contributed by atoms with Crippen molar-refractivity contribution in [1.29, 1.82) is 0 Å². The van der Waals surface area contributed by atoms with Crippen molar-refractivity contribution in [3.8, 4) is 5.75 Å². The van der Waals surface area contributed by atoms with Crippen molar-refractivity contribution in [2.75, 3.05) is 20.3 Å². The van der Waals surface area contributed by atoms with Crippen LogP contribution in [0.4, 0.5) is 0 Å². The SMILES string of the molecule is CN(Cc1ccccc1O)C(=O)C1CCOC1. The Labute approximate surface area is 101 Å². The maximum absolute atomic E-state index is 12.0. The van der Waals surface area contributed by atoms with Crippen molar-refractivity contribution in [1.82, 2.24) is 4.90 Å². The molecule has 0 aromatic heterocycles. The maximum Gasteiger partial charge on any atom is 0.228 e. The highest BCUT2D eigenvalue weighted by Gasteiger charge is 2.26. The lowest BCUT2D eigenvalue weighted by Gasteiger charge is -2.20. The maximum atomic E-state index is 12.0. The van der Waals surface area contributed by atoms with Crippen molar-refractivity contribution in [2.24, 2.45) is 5.92 Å². The lowest BCUT2D eigenvalue weighted by atomic mass is 10.1. The number of para-hydroxylation sites is 1. The molecule has 1 heterocycles. The molecule has 0 bridgehead atoms. The monoisotopic (exact) mass is 235 g/mol. The van der Waals surface area contributed by atoms with Gasteiger partial charge in [0.05, 0.1) is 12.5 Å². The molecule has 4 nitrogen and oxygen atoms in total. The molecule has 1 aromatic carbocycles. The lowest BCUT2D eigenvalue weighted by molar-refractivity contribution is -0.134. The molecule has 0 aliphatic carbocycles. The van der Waals surface area contributed by atoms with Gasteiger partial charge in [-0.2, -0.15) is 0 Å². The van der Waals surface area contributed by atoms with E-state index >= 15 is 0 Å². The van der Waals surface area contributed by atoms with E-state index in [-0.39, 0.29) is 17.6 Å². The molecule has 1 aliphatic rings. The van der Waals surface area contributed by atoms with Crippen LogP contribution in [0, 0.1) is 5.92 Å². The van der Waals surface area contributed by atoms with Crippen LogP contribution in [-0.4, -0.2) is 36.2 Å². The Morgan fingerprint density at radius 1 is 1.53 bits per heavy atom. The first kappa shape index (κ1) is 11.9. The second-order valence-electron chi connectivity index (χ2n) is 4.38. The van der Waals surface area contributed by atoms with Gasteiger partial charge in [-0.15, -0.1) is 0 Å². The predicted octanol–water partition coefficient (Wildman–Crippen LogP) is 1.39. The first-order valence-corrected chi connectivity index (χ1v) is 5.78. The summed E-state index contributed by atoms with van der Waals surface area (Å²) >= 11 is 0. The van der Waals surface area contributed by atoms with Crippen LogP contribution in [0.1, 0.15) is 12.0 Å². The van der Waals surface area contributed by atoms with Crippen molar-refractivity contribution >= 4 is 5.91 Å². The summed E-state index contributed by atoms with van der Waals surface area (Å²) < 4.78 is 5.21. The average molecular weight is 235 g/mol. The summed E-state index contributed by atoms with van der Waals surface area (Å²) in [5, 5.41) is 9.64. The molecule has 92 valence electrons. The molecule has 17 heavy (non-hydrogen) atoms. The highest BCUT2D eigenvalue weighted by Crippen LogP contribution is 2.20. The Bertz CT molecular complexity index is 399. The molecular weight excluding hydrogens is 218 g/mol. The van der Waals surface area contributed by atoms with Crippen molar-refractivity contribution in [3.05, 3.63) is 29.8 Å². The molecule has 1 aromatic rings. The summed E-state index contributed by atoms with van der Waals surface area (Å²) in [5.41, 5.74) is 0.766. The third-order valence-electron chi connectivity index (χ3n) is 3.05. The van der Waals surface area contributed by atoms with E-state index in [9.17, 15) is 9.90 Å². The Balaban J connectivity index is 1.99. The summed E-state index contributed by atoms with van der Waals surface area (Å²) in [4.78, 5) is 13.7.